The highest BCUT2D eigenvalue weighted by Gasteiger charge is 2.42. The van der Waals surface area contributed by atoms with E-state index in [2.05, 4.69) is 10.1 Å². The number of fused-ring (bicyclic) bond motifs is 3. The van der Waals surface area contributed by atoms with E-state index in [0.717, 1.165) is 47.9 Å². The van der Waals surface area contributed by atoms with Crippen LogP contribution in [0, 0.1) is 0 Å². The molecule has 6 rings (SSSR count). The normalized spacial score (nSPS) is 21.7. The van der Waals surface area contributed by atoms with E-state index < -0.39 is 9.84 Å². The highest BCUT2D eigenvalue weighted by Crippen LogP contribution is 2.44. The number of nitrogen functional groups attached to an aromatic ring is 1. The van der Waals surface area contributed by atoms with Gasteiger partial charge in [-0.05, 0) is 31.7 Å². The summed E-state index contributed by atoms with van der Waals surface area (Å²) in [7, 11) is -3.67. The molecule has 3 aromatic heterocycles. The first kappa shape index (κ1) is 22.7. The number of sulfone groups is 1. The molecule has 2 aliphatic rings. The molecule has 3 atom stereocenters. The zero-order chi connectivity index (χ0) is 25.0. The minimum atomic E-state index is -3.67. The second-order valence-electron chi connectivity index (χ2n) is 9.68. The van der Waals surface area contributed by atoms with Crippen molar-refractivity contribution >= 4 is 27.7 Å². The average Bonchev–Trinajstić information content (AvgIpc) is 3.41. The summed E-state index contributed by atoms with van der Waals surface area (Å²) >= 11 is 0. The summed E-state index contributed by atoms with van der Waals surface area (Å²) in [5, 5.41) is 4.39. The molecule has 5 heterocycles. The number of nitrogens with zero attached hydrogens (tertiary/aromatic N) is 5. The number of pyridine rings is 1. The van der Waals surface area contributed by atoms with Crippen molar-refractivity contribution in [2.45, 2.75) is 48.6 Å². The van der Waals surface area contributed by atoms with E-state index >= 15 is 0 Å². The number of piperidine rings is 1. The molecule has 0 saturated carbocycles. The lowest BCUT2D eigenvalue weighted by Crippen LogP contribution is -2.41. The summed E-state index contributed by atoms with van der Waals surface area (Å²) in [6, 6.07) is 14.0. The summed E-state index contributed by atoms with van der Waals surface area (Å²) in [6.45, 7) is 0. The van der Waals surface area contributed by atoms with Crippen LogP contribution in [0.5, 0.6) is 0 Å². The molecule has 184 valence electrons. The van der Waals surface area contributed by atoms with Crippen molar-refractivity contribution < 1.29 is 13.2 Å². The molecule has 1 amide bonds. The Hall–Kier alpha value is -3.79. The molecular formula is C26H26N6O3S. The first-order valence-electron chi connectivity index (χ1n) is 12.0. The van der Waals surface area contributed by atoms with E-state index in [0.29, 0.717) is 24.2 Å². The maximum Gasteiger partial charge on any atom is 0.210 e. The van der Waals surface area contributed by atoms with Gasteiger partial charge in [-0.3, -0.25) is 9.78 Å². The average molecular weight is 503 g/mol. The van der Waals surface area contributed by atoms with Crippen molar-refractivity contribution in [1.29, 1.82) is 0 Å². The van der Waals surface area contributed by atoms with Gasteiger partial charge in [0.2, 0.25) is 6.41 Å². The predicted molar refractivity (Wildman–Crippen MR) is 136 cm³/mol. The Balaban J connectivity index is 1.46. The number of nitrogens with two attached hydrogens (primary N) is 1. The Morgan fingerprint density at radius 3 is 2.33 bits per heavy atom. The van der Waals surface area contributed by atoms with E-state index in [1.165, 1.54) is 4.52 Å². The van der Waals surface area contributed by atoms with Crippen LogP contribution in [-0.4, -0.2) is 57.6 Å². The van der Waals surface area contributed by atoms with E-state index in [1.54, 1.807) is 12.4 Å². The molecule has 2 fully saturated rings. The van der Waals surface area contributed by atoms with Crippen LogP contribution in [-0.2, 0) is 14.6 Å². The lowest BCUT2D eigenvalue weighted by atomic mass is 9.88. The number of carbonyl (C=O) groups excluding carboxylic acids is 1. The number of rotatable bonds is 5. The molecule has 2 aliphatic heterocycles. The number of hydrogen-bond donors (Lipinski definition) is 1. The summed E-state index contributed by atoms with van der Waals surface area (Å²) in [5.41, 5.74) is 10.8. The molecule has 2 bridgehead atoms. The van der Waals surface area contributed by atoms with Gasteiger partial charge >= 0.3 is 0 Å². The lowest BCUT2D eigenvalue weighted by Gasteiger charge is -2.36. The van der Waals surface area contributed by atoms with Gasteiger partial charge in [-0.15, -0.1) is 0 Å². The number of carbonyl (C=O) groups is 1. The molecule has 4 aromatic rings. The van der Waals surface area contributed by atoms with Crippen LogP contribution in [0.15, 0.2) is 59.8 Å². The highest BCUT2D eigenvalue weighted by atomic mass is 32.2. The molecular weight excluding hydrogens is 476 g/mol. The van der Waals surface area contributed by atoms with Crippen molar-refractivity contribution in [1.82, 2.24) is 24.5 Å². The van der Waals surface area contributed by atoms with Gasteiger partial charge in [0, 0.05) is 47.1 Å². The van der Waals surface area contributed by atoms with Crippen molar-refractivity contribution in [3.05, 3.63) is 60.6 Å². The van der Waals surface area contributed by atoms with Crippen molar-refractivity contribution in [3.63, 3.8) is 0 Å². The third-order valence-electron chi connectivity index (χ3n) is 7.48. The molecule has 1 unspecified atom stereocenters. The Kier molecular flexibility index (Phi) is 5.29. The molecule has 1 aromatic carbocycles. The van der Waals surface area contributed by atoms with E-state index in [-0.39, 0.29) is 28.7 Å². The SMILES string of the molecule is CS(=O)(=O)c1c(C2C[C@H]3CC[C@@H](C2)N3C=O)nc2c(-c3ccc(-c4ccccc4)nc3)cnn2c1N. The second-order valence-corrected chi connectivity index (χ2v) is 11.6. The van der Waals surface area contributed by atoms with Crippen LogP contribution in [0.1, 0.15) is 37.3 Å². The quantitative estimate of drug-likeness (QED) is 0.415. The molecule has 0 aliphatic carbocycles. The number of hydrogen-bond acceptors (Lipinski definition) is 7. The zero-order valence-corrected chi connectivity index (χ0v) is 20.6. The third-order valence-corrected chi connectivity index (χ3v) is 8.64. The fourth-order valence-electron chi connectivity index (χ4n) is 5.82. The first-order chi connectivity index (χ1) is 17.3. The zero-order valence-electron chi connectivity index (χ0n) is 19.8. The fraction of sp³-hybridized carbons (Fsp3) is 0.308. The van der Waals surface area contributed by atoms with Gasteiger partial charge in [-0.25, -0.2) is 13.4 Å². The summed E-state index contributed by atoms with van der Waals surface area (Å²) in [4.78, 5) is 23.0. The largest absolute Gasteiger partial charge is 0.382 e. The summed E-state index contributed by atoms with van der Waals surface area (Å²) in [6.07, 6.45) is 8.65. The van der Waals surface area contributed by atoms with E-state index in [9.17, 15) is 13.2 Å². The molecule has 0 radical (unpaired) electrons. The number of amides is 1. The summed E-state index contributed by atoms with van der Waals surface area (Å²) < 4.78 is 27.1. The smallest absolute Gasteiger partial charge is 0.210 e. The standard InChI is InChI=1S/C26H26N6O3S/c1-36(34,35)24-23(18-11-19-8-9-20(12-18)31(19)15-33)30-26-21(14-29-32(26)25(24)27)17-7-10-22(28-13-17)16-5-3-2-4-6-16/h2-7,10,13-15,18-20H,8-9,11-12,27H2,1H3/t18?,19-,20+. The fourth-order valence-corrected chi connectivity index (χ4v) is 6.88. The molecule has 10 heteroatoms. The van der Waals surface area contributed by atoms with Crippen LogP contribution in [0.25, 0.3) is 28.0 Å². The molecule has 36 heavy (non-hydrogen) atoms. The Morgan fingerprint density at radius 2 is 1.72 bits per heavy atom. The molecule has 0 spiro atoms. The Bertz CT molecular complexity index is 1550. The van der Waals surface area contributed by atoms with Gasteiger partial charge in [0.25, 0.3) is 0 Å². The minimum absolute atomic E-state index is 0.0335. The van der Waals surface area contributed by atoms with Crippen LogP contribution in [0.2, 0.25) is 0 Å². The van der Waals surface area contributed by atoms with Crippen LogP contribution < -0.4 is 5.73 Å². The maximum atomic E-state index is 12.9. The van der Waals surface area contributed by atoms with Gasteiger partial charge in [-0.1, -0.05) is 36.4 Å². The lowest BCUT2D eigenvalue weighted by molar-refractivity contribution is -0.122. The minimum Gasteiger partial charge on any atom is -0.382 e. The van der Waals surface area contributed by atoms with E-state index in [1.807, 2.05) is 47.4 Å². The molecule has 2 N–H and O–H groups in total. The monoisotopic (exact) mass is 502 g/mol. The molecule has 9 nitrogen and oxygen atoms in total. The number of anilines is 1. The first-order valence-corrected chi connectivity index (χ1v) is 13.9. The van der Waals surface area contributed by atoms with Crippen molar-refractivity contribution in [2.75, 3.05) is 12.0 Å². The Morgan fingerprint density at radius 1 is 1.00 bits per heavy atom. The van der Waals surface area contributed by atoms with Crippen molar-refractivity contribution in [2.24, 2.45) is 0 Å². The highest BCUT2D eigenvalue weighted by molar-refractivity contribution is 7.91. The van der Waals surface area contributed by atoms with Gasteiger partial charge in [-0.2, -0.15) is 9.61 Å². The number of benzene rings is 1. The number of aromatic nitrogens is 4. The molecule has 2 saturated heterocycles. The van der Waals surface area contributed by atoms with Gasteiger partial charge in [0.15, 0.2) is 15.5 Å². The van der Waals surface area contributed by atoms with Gasteiger partial charge in [0.05, 0.1) is 17.6 Å². The van der Waals surface area contributed by atoms with Gasteiger partial charge < -0.3 is 10.6 Å². The van der Waals surface area contributed by atoms with Crippen LogP contribution in [0.3, 0.4) is 0 Å². The van der Waals surface area contributed by atoms with E-state index in [4.69, 9.17) is 10.7 Å². The maximum absolute atomic E-state index is 12.9. The third kappa shape index (κ3) is 3.63. The van der Waals surface area contributed by atoms with Crippen LogP contribution >= 0.6 is 0 Å². The van der Waals surface area contributed by atoms with Crippen LogP contribution in [0.4, 0.5) is 5.82 Å². The topological polar surface area (TPSA) is 124 Å². The Labute approximate surface area is 208 Å². The van der Waals surface area contributed by atoms with Gasteiger partial charge in [0.1, 0.15) is 10.7 Å². The summed E-state index contributed by atoms with van der Waals surface area (Å²) in [5.74, 6) is -0.0557. The second kappa shape index (κ2) is 8.41. The van der Waals surface area contributed by atoms with Crippen molar-refractivity contribution in [3.8, 4) is 22.4 Å². The predicted octanol–water partition coefficient (Wildman–Crippen LogP) is 3.31.